The molecule has 0 bridgehead atoms. The number of nitrogens with zero attached hydrogens (tertiary/aromatic N) is 1. The number of hydrogen-bond acceptors (Lipinski definition) is 4. The highest BCUT2D eigenvalue weighted by molar-refractivity contribution is 6.34. The van der Waals surface area contributed by atoms with Crippen molar-refractivity contribution in [1.29, 1.82) is 0 Å². The average molecular weight is 321 g/mol. The number of amides is 1. The van der Waals surface area contributed by atoms with Gasteiger partial charge >= 0.3 is 0 Å². The number of nitro groups is 1. The van der Waals surface area contributed by atoms with Crippen molar-refractivity contribution in [3.8, 4) is 0 Å². The van der Waals surface area contributed by atoms with E-state index in [1.54, 1.807) is 24.3 Å². The summed E-state index contributed by atoms with van der Waals surface area (Å²) >= 11 is 5.92. The van der Waals surface area contributed by atoms with Crippen molar-refractivity contribution in [2.75, 3.05) is 11.9 Å². The fraction of sp³-hybridized carbons (Fsp3) is 0.133. The van der Waals surface area contributed by atoms with Gasteiger partial charge in [-0.2, -0.15) is 0 Å². The standard InChI is InChI=1S/C15H13ClN2O4/c16-14-6-5-12(18(21)22)9-13(14)15(20)17-11-3-1-10(2-4-11)7-8-19/h1-6,9,19H,7-8H2,(H,17,20). The first-order valence-corrected chi connectivity index (χ1v) is 6.84. The van der Waals surface area contributed by atoms with E-state index in [9.17, 15) is 14.9 Å². The molecular weight excluding hydrogens is 308 g/mol. The van der Waals surface area contributed by atoms with Gasteiger partial charge in [-0.25, -0.2) is 0 Å². The lowest BCUT2D eigenvalue weighted by Crippen LogP contribution is -2.12. The van der Waals surface area contributed by atoms with Gasteiger partial charge in [-0.05, 0) is 30.2 Å². The Bertz CT molecular complexity index is 701. The molecule has 0 saturated heterocycles. The third-order valence-electron chi connectivity index (χ3n) is 3.02. The zero-order chi connectivity index (χ0) is 16.1. The summed E-state index contributed by atoms with van der Waals surface area (Å²) in [6, 6.07) is 10.6. The quantitative estimate of drug-likeness (QED) is 0.654. The van der Waals surface area contributed by atoms with Gasteiger partial charge in [0.1, 0.15) is 0 Å². The molecule has 0 fully saturated rings. The molecular formula is C15H13ClN2O4. The van der Waals surface area contributed by atoms with Crippen molar-refractivity contribution in [1.82, 2.24) is 0 Å². The number of benzene rings is 2. The highest BCUT2D eigenvalue weighted by Crippen LogP contribution is 2.23. The molecule has 0 heterocycles. The van der Waals surface area contributed by atoms with Crippen molar-refractivity contribution in [3.05, 3.63) is 68.7 Å². The number of carbonyl (C=O) groups is 1. The predicted octanol–water partition coefficient (Wildman–Crippen LogP) is 3.04. The summed E-state index contributed by atoms with van der Waals surface area (Å²) in [5.41, 5.74) is 1.31. The third kappa shape index (κ3) is 3.81. The summed E-state index contributed by atoms with van der Waals surface area (Å²) in [4.78, 5) is 22.3. The smallest absolute Gasteiger partial charge is 0.270 e. The van der Waals surface area contributed by atoms with E-state index in [-0.39, 0.29) is 22.9 Å². The Morgan fingerprint density at radius 2 is 1.91 bits per heavy atom. The Kier molecular flexibility index (Phi) is 5.08. The van der Waals surface area contributed by atoms with Gasteiger partial charge < -0.3 is 10.4 Å². The number of nitro benzene ring substituents is 1. The van der Waals surface area contributed by atoms with E-state index >= 15 is 0 Å². The molecule has 0 aliphatic heterocycles. The molecule has 1 amide bonds. The Balaban J connectivity index is 2.18. The van der Waals surface area contributed by atoms with Crippen molar-refractivity contribution < 1.29 is 14.8 Å². The molecule has 2 rings (SSSR count). The fourth-order valence-electron chi connectivity index (χ4n) is 1.88. The second-order valence-corrected chi connectivity index (χ2v) is 4.95. The summed E-state index contributed by atoms with van der Waals surface area (Å²) in [6.07, 6.45) is 0.533. The number of nitrogens with one attached hydrogen (secondary N) is 1. The Hall–Kier alpha value is -2.44. The normalized spacial score (nSPS) is 10.3. The SMILES string of the molecule is O=C(Nc1ccc(CCO)cc1)c1cc([N+](=O)[O-])ccc1Cl. The predicted molar refractivity (Wildman–Crippen MR) is 83.3 cm³/mol. The molecule has 2 aromatic carbocycles. The number of carbonyl (C=O) groups excluding carboxylic acids is 1. The van der Waals surface area contributed by atoms with Crippen LogP contribution in [0, 0.1) is 10.1 Å². The molecule has 22 heavy (non-hydrogen) atoms. The van der Waals surface area contributed by atoms with Gasteiger partial charge in [0, 0.05) is 24.4 Å². The van der Waals surface area contributed by atoms with Crippen LogP contribution in [0.1, 0.15) is 15.9 Å². The number of non-ortho nitro benzene ring substituents is 1. The van der Waals surface area contributed by atoms with E-state index in [1.165, 1.54) is 12.1 Å². The first kappa shape index (κ1) is 15.9. The van der Waals surface area contributed by atoms with E-state index in [2.05, 4.69) is 5.32 Å². The minimum Gasteiger partial charge on any atom is -0.396 e. The molecule has 0 aliphatic carbocycles. The number of hydrogen-bond donors (Lipinski definition) is 2. The van der Waals surface area contributed by atoms with E-state index in [0.29, 0.717) is 12.1 Å². The van der Waals surface area contributed by atoms with Gasteiger partial charge in [0.15, 0.2) is 0 Å². The largest absolute Gasteiger partial charge is 0.396 e. The fourth-order valence-corrected chi connectivity index (χ4v) is 2.09. The molecule has 0 spiro atoms. The van der Waals surface area contributed by atoms with E-state index in [1.807, 2.05) is 0 Å². The molecule has 0 aliphatic rings. The first-order chi connectivity index (χ1) is 10.5. The Morgan fingerprint density at radius 1 is 1.23 bits per heavy atom. The molecule has 2 aromatic rings. The monoisotopic (exact) mass is 320 g/mol. The van der Waals surface area contributed by atoms with Crippen LogP contribution in [0.15, 0.2) is 42.5 Å². The van der Waals surface area contributed by atoms with Crippen LogP contribution >= 0.6 is 11.6 Å². The van der Waals surface area contributed by atoms with Gasteiger partial charge in [-0.3, -0.25) is 14.9 Å². The highest BCUT2D eigenvalue weighted by Gasteiger charge is 2.16. The zero-order valence-corrected chi connectivity index (χ0v) is 12.2. The van der Waals surface area contributed by atoms with Gasteiger partial charge in [0.05, 0.1) is 15.5 Å². The minimum absolute atomic E-state index is 0.0373. The second-order valence-electron chi connectivity index (χ2n) is 4.55. The summed E-state index contributed by atoms with van der Waals surface area (Å²) < 4.78 is 0. The summed E-state index contributed by atoms with van der Waals surface area (Å²) in [6.45, 7) is 0.0506. The number of aliphatic hydroxyl groups is 1. The Labute approximate surface area is 131 Å². The lowest BCUT2D eigenvalue weighted by atomic mass is 10.1. The maximum Gasteiger partial charge on any atom is 0.270 e. The van der Waals surface area contributed by atoms with Crippen molar-refractivity contribution in [2.45, 2.75) is 6.42 Å². The van der Waals surface area contributed by atoms with Crippen molar-refractivity contribution in [2.24, 2.45) is 0 Å². The molecule has 114 valence electrons. The van der Waals surface area contributed by atoms with Crippen LogP contribution in [0.2, 0.25) is 5.02 Å². The number of anilines is 1. The molecule has 0 radical (unpaired) electrons. The summed E-state index contributed by atoms with van der Waals surface area (Å²) in [5, 5.41) is 22.4. The second kappa shape index (κ2) is 7.02. The van der Waals surface area contributed by atoms with E-state index < -0.39 is 10.8 Å². The van der Waals surface area contributed by atoms with Crippen LogP contribution < -0.4 is 5.32 Å². The van der Waals surface area contributed by atoms with Crippen LogP contribution in [0.4, 0.5) is 11.4 Å². The van der Waals surface area contributed by atoms with Crippen LogP contribution in [-0.2, 0) is 6.42 Å². The molecule has 0 saturated carbocycles. The van der Waals surface area contributed by atoms with Gasteiger partial charge in [0.25, 0.3) is 11.6 Å². The van der Waals surface area contributed by atoms with Crippen LogP contribution in [0.3, 0.4) is 0 Å². The van der Waals surface area contributed by atoms with Gasteiger partial charge in [-0.1, -0.05) is 23.7 Å². The maximum absolute atomic E-state index is 12.2. The maximum atomic E-state index is 12.2. The number of rotatable bonds is 5. The lowest BCUT2D eigenvalue weighted by molar-refractivity contribution is -0.384. The van der Waals surface area contributed by atoms with Crippen LogP contribution in [-0.4, -0.2) is 22.5 Å². The van der Waals surface area contributed by atoms with Gasteiger partial charge in [0.2, 0.25) is 0 Å². The van der Waals surface area contributed by atoms with Crippen molar-refractivity contribution in [3.63, 3.8) is 0 Å². The molecule has 0 aromatic heterocycles. The topological polar surface area (TPSA) is 92.5 Å². The van der Waals surface area contributed by atoms with Crippen molar-refractivity contribution >= 4 is 28.9 Å². The average Bonchev–Trinajstić information content (AvgIpc) is 2.49. The van der Waals surface area contributed by atoms with E-state index in [4.69, 9.17) is 16.7 Å². The summed E-state index contributed by atoms with van der Waals surface area (Å²) in [5.74, 6) is -0.524. The summed E-state index contributed by atoms with van der Waals surface area (Å²) in [7, 11) is 0. The Morgan fingerprint density at radius 3 is 2.50 bits per heavy atom. The minimum atomic E-state index is -0.587. The van der Waals surface area contributed by atoms with Crippen LogP contribution in [0.25, 0.3) is 0 Å². The molecule has 6 nitrogen and oxygen atoms in total. The molecule has 2 N–H and O–H groups in total. The lowest BCUT2D eigenvalue weighted by Gasteiger charge is -2.07. The van der Waals surface area contributed by atoms with Gasteiger partial charge in [-0.15, -0.1) is 0 Å². The number of halogens is 1. The van der Waals surface area contributed by atoms with E-state index in [0.717, 1.165) is 11.6 Å². The highest BCUT2D eigenvalue weighted by atomic mass is 35.5. The zero-order valence-electron chi connectivity index (χ0n) is 11.5. The van der Waals surface area contributed by atoms with Crippen LogP contribution in [0.5, 0.6) is 0 Å². The molecule has 0 unspecified atom stereocenters. The number of aliphatic hydroxyl groups excluding tert-OH is 1. The third-order valence-corrected chi connectivity index (χ3v) is 3.35. The first-order valence-electron chi connectivity index (χ1n) is 6.46. The molecule has 0 atom stereocenters. The molecule has 7 heteroatoms.